The van der Waals surface area contributed by atoms with Crippen molar-refractivity contribution in [2.75, 3.05) is 21.3 Å². The highest BCUT2D eigenvalue weighted by Gasteiger charge is 2.19. The second-order valence-electron chi connectivity index (χ2n) is 4.32. The van der Waals surface area contributed by atoms with Gasteiger partial charge in [-0.1, -0.05) is 0 Å². The number of carboxylic acid groups (broad SMARTS) is 1. The van der Waals surface area contributed by atoms with Gasteiger partial charge >= 0.3 is 5.97 Å². The van der Waals surface area contributed by atoms with Gasteiger partial charge in [-0.2, -0.15) is 5.10 Å². The van der Waals surface area contributed by atoms with Gasteiger partial charge in [-0.3, -0.25) is 9.63 Å². The van der Waals surface area contributed by atoms with E-state index in [1.807, 2.05) is 0 Å². The summed E-state index contributed by atoms with van der Waals surface area (Å²) in [5, 5.41) is 14.1. The van der Waals surface area contributed by atoms with E-state index < -0.39 is 11.9 Å². The molecule has 0 aliphatic rings. The SMILES string of the molecule is COc1cc(C(=O)N(C)OC)nn1-c1ccc(C(=O)O)cc1. The van der Waals surface area contributed by atoms with Crippen LogP contribution in [0.2, 0.25) is 0 Å². The number of hydrogen-bond donors (Lipinski definition) is 1. The Morgan fingerprint density at radius 1 is 1.23 bits per heavy atom. The quantitative estimate of drug-likeness (QED) is 0.835. The lowest BCUT2D eigenvalue weighted by atomic mass is 10.2. The van der Waals surface area contributed by atoms with Gasteiger partial charge in [-0.25, -0.2) is 14.5 Å². The molecular formula is C14H15N3O5. The summed E-state index contributed by atoms with van der Waals surface area (Å²) in [4.78, 5) is 27.7. The third-order valence-corrected chi connectivity index (χ3v) is 3.02. The minimum absolute atomic E-state index is 0.142. The molecule has 0 spiro atoms. The van der Waals surface area contributed by atoms with E-state index in [0.717, 1.165) is 5.06 Å². The highest BCUT2D eigenvalue weighted by atomic mass is 16.7. The zero-order valence-electron chi connectivity index (χ0n) is 12.3. The van der Waals surface area contributed by atoms with Gasteiger partial charge in [0.05, 0.1) is 25.5 Å². The molecule has 2 aromatic rings. The van der Waals surface area contributed by atoms with Gasteiger partial charge in [0.15, 0.2) is 5.69 Å². The van der Waals surface area contributed by atoms with Crippen LogP contribution >= 0.6 is 0 Å². The fourth-order valence-corrected chi connectivity index (χ4v) is 1.79. The number of rotatable bonds is 5. The third-order valence-electron chi connectivity index (χ3n) is 3.02. The lowest BCUT2D eigenvalue weighted by Crippen LogP contribution is -2.25. The first-order valence-corrected chi connectivity index (χ1v) is 6.28. The number of carboxylic acids is 1. The largest absolute Gasteiger partial charge is 0.481 e. The standard InChI is InChI=1S/C14H15N3O5/c1-16(22-3)13(18)11-8-12(21-2)17(15-11)10-6-4-9(5-7-10)14(19)20/h4-8H,1-3H3,(H,19,20). The molecule has 0 aliphatic carbocycles. The van der Waals surface area contributed by atoms with Gasteiger partial charge in [-0.05, 0) is 24.3 Å². The Labute approximate surface area is 126 Å². The summed E-state index contributed by atoms with van der Waals surface area (Å²) >= 11 is 0. The summed E-state index contributed by atoms with van der Waals surface area (Å²) in [5.41, 5.74) is 0.870. The fraction of sp³-hybridized carbons (Fsp3) is 0.214. The van der Waals surface area contributed by atoms with E-state index in [0.29, 0.717) is 11.6 Å². The van der Waals surface area contributed by atoms with E-state index in [-0.39, 0.29) is 11.3 Å². The maximum Gasteiger partial charge on any atom is 0.335 e. The van der Waals surface area contributed by atoms with E-state index in [4.69, 9.17) is 14.7 Å². The molecule has 1 amide bonds. The number of benzene rings is 1. The number of hydrogen-bond acceptors (Lipinski definition) is 5. The molecule has 0 unspecified atom stereocenters. The molecule has 1 N–H and O–H groups in total. The zero-order chi connectivity index (χ0) is 16.3. The van der Waals surface area contributed by atoms with E-state index in [2.05, 4.69) is 5.10 Å². The molecule has 0 bridgehead atoms. The predicted molar refractivity (Wildman–Crippen MR) is 76.2 cm³/mol. The molecule has 0 saturated carbocycles. The number of hydroxylamine groups is 2. The zero-order valence-corrected chi connectivity index (χ0v) is 12.3. The van der Waals surface area contributed by atoms with Crippen LogP contribution in [0.4, 0.5) is 0 Å². The van der Waals surface area contributed by atoms with Crippen LogP contribution in [-0.4, -0.2) is 53.1 Å². The Morgan fingerprint density at radius 3 is 2.36 bits per heavy atom. The third kappa shape index (κ3) is 2.91. The molecule has 0 saturated heterocycles. The molecule has 0 fully saturated rings. The molecule has 2 rings (SSSR count). The molecule has 116 valence electrons. The Kier molecular flexibility index (Phi) is 4.42. The number of aromatic nitrogens is 2. The molecule has 1 aromatic heterocycles. The van der Waals surface area contributed by atoms with Gasteiger partial charge in [-0.15, -0.1) is 0 Å². The van der Waals surface area contributed by atoms with Gasteiger partial charge in [0.2, 0.25) is 5.88 Å². The summed E-state index contributed by atoms with van der Waals surface area (Å²) in [6, 6.07) is 7.52. The Morgan fingerprint density at radius 2 is 1.86 bits per heavy atom. The second kappa shape index (κ2) is 6.27. The molecule has 1 aromatic carbocycles. The van der Waals surface area contributed by atoms with Gasteiger partial charge in [0.25, 0.3) is 5.91 Å². The normalized spacial score (nSPS) is 10.3. The van der Waals surface area contributed by atoms with Crippen LogP contribution in [0.25, 0.3) is 5.69 Å². The van der Waals surface area contributed by atoms with Crippen molar-refractivity contribution >= 4 is 11.9 Å². The minimum atomic E-state index is -1.02. The Hall–Kier alpha value is -2.87. The topological polar surface area (TPSA) is 93.9 Å². The van der Waals surface area contributed by atoms with E-state index in [9.17, 15) is 9.59 Å². The number of aromatic carboxylic acids is 1. The van der Waals surface area contributed by atoms with Crippen molar-refractivity contribution in [3.05, 3.63) is 41.6 Å². The molecule has 0 radical (unpaired) electrons. The van der Waals surface area contributed by atoms with Crippen molar-refractivity contribution in [2.24, 2.45) is 0 Å². The van der Waals surface area contributed by atoms with Crippen LogP contribution in [0, 0.1) is 0 Å². The van der Waals surface area contributed by atoms with E-state index in [1.165, 1.54) is 44.1 Å². The summed E-state index contributed by atoms with van der Waals surface area (Å²) in [5.74, 6) is -1.10. The maximum absolute atomic E-state index is 12.0. The highest BCUT2D eigenvalue weighted by Crippen LogP contribution is 2.20. The lowest BCUT2D eigenvalue weighted by Gasteiger charge is -2.11. The number of ether oxygens (including phenoxy) is 1. The lowest BCUT2D eigenvalue weighted by molar-refractivity contribution is -0.0760. The first kappa shape index (κ1) is 15.5. The predicted octanol–water partition coefficient (Wildman–Crippen LogP) is 1.21. The Balaban J connectivity index is 2.40. The van der Waals surface area contributed by atoms with Crippen molar-refractivity contribution in [3.8, 4) is 11.6 Å². The van der Waals surface area contributed by atoms with Crippen molar-refractivity contribution in [1.29, 1.82) is 0 Å². The molecule has 22 heavy (non-hydrogen) atoms. The van der Waals surface area contributed by atoms with E-state index in [1.54, 1.807) is 12.1 Å². The van der Waals surface area contributed by atoms with Crippen LogP contribution in [0.1, 0.15) is 20.8 Å². The molecule has 8 nitrogen and oxygen atoms in total. The van der Waals surface area contributed by atoms with Gasteiger partial charge in [0.1, 0.15) is 0 Å². The summed E-state index contributed by atoms with van der Waals surface area (Å²) < 4.78 is 6.60. The summed E-state index contributed by atoms with van der Waals surface area (Å²) in [6.07, 6.45) is 0. The number of amides is 1. The minimum Gasteiger partial charge on any atom is -0.481 e. The monoisotopic (exact) mass is 305 g/mol. The smallest absolute Gasteiger partial charge is 0.335 e. The molecule has 1 heterocycles. The van der Waals surface area contributed by atoms with Crippen LogP contribution in [0.15, 0.2) is 30.3 Å². The van der Waals surface area contributed by atoms with Crippen molar-refractivity contribution in [3.63, 3.8) is 0 Å². The Bertz CT molecular complexity index is 693. The van der Waals surface area contributed by atoms with Crippen molar-refractivity contribution in [1.82, 2.24) is 14.8 Å². The van der Waals surface area contributed by atoms with Crippen molar-refractivity contribution < 1.29 is 24.3 Å². The van der Waals surface area contributed by atoms with Crippen LogP contribution < -0.4 is 4.74 Å². The first-order valence-electron chi connectivity index (χ1n) is 6.28. The van der Waals surface area contributed by atoms with Gasteiger partial charge in [0, 0.05) is 13.1 Å². The molecule has 0 aliphatic heterocycles. The number of nitrogens with zero attached hydrogens (tertiary/aromatic N) is 3. The number of carbonyl (C=O) groups excluding carboxylic acids is 1. The maximum atomic E-state index is 12.0. The second-order valence-corrected chi connectivity index (χ2v) is 4.32. The average Bonchev–Trinajstić information content (AvgIpc) is 2.97. The highest BCUT2D eigenvalue weighted by molar-refractivity contribution is 5.91. The summed E-state index contributed by atoms with van der Waals surface area (Å²) in [7, 11) is 4.29. The fourth-order valence-electron chi connectivity index (χ4n) is 1.79. The molecular weight excluding hydrogens is 290 g/mol. The van der Waals surface area contributed by atoms with Crippen LogP contribution in [-0.2, 0) is 4.84 Å². The summed E-state index contributed by atoms with van der Waals surface area (Å²) in [6.45, 7) is 0. The van der Waals surface area contributed by atoms with Crippen LogP contribution in [0.5, 0.6) is 5.88 Å². The van der Waals surface area contributed by atoms with Crippen molar-refractivity contribution in [2.45, 2.75) is 0 Å². The molecule has 0 atom stereocenters. The number of carbonyl (C=O) groups is 2. The average molecular weight is 305 g/mol. The van der Waals surface area contributed by atoms with Gasteiger partial charge < -0.3 is 9.84 Å². The first-order chi connectivity index (χ1) is 10.5. The van der Waals surface area contributed by atoms with Crippen LogP contribution in [0.3, 0.4) is 0 Å². The number of methoxy groups -OCH3 is 1. The molecule has 8 heteroatoms. The van der Waals surface area contributed by atoms with E-state index >= 15 is 0 Å².